The summed E-state index contributed by atoms with van der Waals surface area (Å²) >= 11 is 1.82. The highest BCUT2D eigenvalue weighted by Crippen LogP contribution is 2.31. The molecule has 0 bridgehead atoms. The monoisotopic (exact) mass is 274 g/mol. The van der Waals surface area contributed by atoms with E-state index in [2.05, 4.69) is 32.8 Å². The number of hydrogen-bond acceptors (Lipinski definition) is 5. The molecule has 0 aromatic carbocycles. The van der Waals surface area contributed by atoms with Crippen LogP contribution in [0.4, 0.5) is 5.82 Å². The lowest BCUT2D eigenvalue weighted by molar-refractivity contribution is 0.505. The number of thiazole rings is 1. The van der Waals surface area contributed by atoms with Gasteiger partial charge in [-0.1, -0.05) is 0 Å². The lowest BCUT2D eigenvalue weighted by Gasteiger charge is -2.32. The molecule has 0 unspecified atom stereocenters. The van der Waals surface area contributed by atoms with Crippen LogP contribution in [0.2, 0.25) is 0 Å². The molecule has 0 spiro atoms. The summed E-state index contributed by atoms with van der Waals surface area (Å²) in [4.78, 5) is 16.8. The molecule has 19 heavy (non-hydrogen) atoms. The molecule has 100 valence electrons. The van der Waals surface area contributed by atoms with Gasteiger partial charge in [0, 0.05) is 41.8 Å². The van der Waals surface area contributed by atoms with Crippen molar-refractivity contribution in [3.05, 3.63) is 34.2 Å². The molecule has 0 aliphatic carbocycles. The van der Waals surface area contributed by atoms with Gasteiger partial charge in [-0.05, 0) is 26.7 Å². The average Bonchev–Trinajstić information content (AvgIpc) is 2.86. The van der Waals surface area contributed by atoms with E-state index in [4.69, 9.17) is 0 Å². The lowest BCUT2D eigenvalue weighted by Crippen LogP contribution is -2.35. The molecule has 4 nitrogen and oxygen atoms in total. The molecule has 1 fully saturated rings. The third kappa shape index (κ3) is 2.76. The average molecular weight is 274 g/mol. The first-order valence-corrected chi connectivity index (χ1v) is 7.50. The third-order valence-electron chi connectivity index (χ3n) is 3.52. The van der Waals surface area contributed by atoms with Crippen LogP contribution >= 0.6 is 11.3 Å². The summed E-state index contributed by atoms with van der Waals surface area (Å²) in [5.41, 5.74) is 1.03. The van der Waals surface area contributed by atoms with Gasteiger partial charge in [0.1, 0.15) is 12.1 Å². The van der Waals surface area contributed by atoms with Crippen molar-refractivity contribution in [3.8, 4) is 0 Å². The molecule has 1 aliphatic heterocycles. The minimum absolute atomic E-state index is 0.544. The van der Waals surface area contributed by atoms with Crippen LogP contribution in [0.25, 0.3) is 0 Å². The van der Waals surface area contributed by atoms with Gasteiger partial charge < -0.3 is 4.90 Å². The Balaban J connectivity index is 1.78. The minimum atomic E-state index is 0.544. The van der Waals surface area contributed by atoms with Crippen LogP contribution in [0.1, 0.15) is 34.3 Å². The van der Waals surface area contributed by atoms with Gasteiger partial charge in [0.05, 0.1) is 5.01 Å². The number of aromatic nitrogens is 3. The molecule has 1 aliphatic rings. The Morgan fingerprint density at radius 1 is 1.26 bits per heavy atom. The van der Waals surface area contributed by atoms with Crippen molar-refractivity contribution in [1.29, 1.82) is 0 Å². The second-order valence-corrected chi connectivity index (χ2v) is 6.38. The summed E-state index contributed by atoms with van der Waals surface area (Å²) in [7, 11) is 0. The Morgan fingerprint density at radius 2 is 2.16 bits per heavy atom. The Kier molecular flexibility index (Phi) is 3.46. The van der Waals surface area contributed by atoms with E-state index >= 15 is 0 Å². The summed E-state index contributed by atoms with van der Waals surface area (Å²) < 4.78 is 0. The fourth-order valence-electron chi connectivity index (χ4n) is 2.56. The van der Waals surface area contributed by atoms with E-state index in [1.807, 2.05) is 24.5 Å². The van der Waals surface area contributed by atoms with Gasteiger partial charge in [-0.3, -0.25) is 0 Å². The van der Waals surface area contributed by atoms with Crippen molar-refractivity contribution in [1.82, 2.24) is 15.0 Å². The van der Waals surface area contributed by atoms with Crippen LogP contribution in [0.3, 0.4) is 0 Å². The third-order valence-corrected chi connectivity index (χ3v) is 4.60. The van der Waals surface area contributed by atoms with Gasteiger partial charge >= 0.3 is 0 Å². The van der Waals surface area contributed by atoms with E-state index in [-0.39, 0.29) is 0 Å². The molecule has 0 amide bonds. The summed E-state index contributed by atoms with van der Waals surface area (Å²) in [6.07, 6.45) is 6.06. The lowest BCUT2D eigenvalue weighted by atomic mass is 9.99. The van der Waals surface area contributed by atoms with Crippen molar-refractivity contribution in [3.63, 3.8) is 0 Å². The van der Waals surface area contributed by atoms with Crippen molar-refractivity contribution < 1.29 is 0 Å². The summed E-state index contributed by atoms with van der Waals surface area (Å²) in [6, 6.07) is 2.06. The van der Waals surface area contributed by atoms with Crippen LogP contribution in [0.5, 0.6) is 0 Å². The fraction of sp³-hybridized carbons (Fsp3) is 0.500. The summed E-state index contributed by atoms with van der Waals surface area (Å²) in [5, 5.41) is 1.27. The van der Waals surface area contributed by atoms with E-state index in [1.54, 1.807) is 6.33 Å². The Morgan fingerprint density at radius 3 is 2.89 bits per heavy atom. The molecule has 1 saturated heterocycles. The van der Waals surface area contributed by atoms with Crippen molar-refractivity contribution in [2.24, 2.45) is 0 Å². The predicted molar refractivity (Wildman–Crippen MR) is 77.8 cm³/mol. The molecule has 1 atom stereocenters. The SMILES string of the molecule is Cc1cc(N2CCC[C@@H](c3ncc(C)s3)C2)ncn1. The first-order chi connectivity index (χ1) is 9.22. The van der Waals surface area contributed by atoms with Gasteiger partial charge in [0.15, 0.2) is 0 Å². The molecule has 0 N–H and O–H groups in total. The second kappa shape index (κ2) is 5.25. The highest BCUT2D eigenvalue weighted by Gasteiger charge is 2.24. The molecule has 0 saturated carbocycles. The number of hydrogen-bond donors (Lipinski definition) is 0. The predicted octanol–water partition coefficient (Wildman–Crippen LogP) is 2.93. The van der Waals surface area contributed by atoms with Gasteiger partial charge in [-0.25, -0.2) is 15.0 Å². The Hall–Kier alpha value is -1.49. The van der Waals surface area contributed by atoms with Gasteiger partial charge in [-0.15, -0.1) is 11.3 Å². The highest BCUT2D eigenvalue weighted by atomic mass is 32.1. The number of piperidine rings is 1. The zero-order valence-electron chi connectivity index (χ0n) is 11.3. The van der Waals surface area contributed by atoms with E-state index in [9.17, 15) is 0 Å². The molecule has 2 aromatic rings. The largest absolute Gasteiger partial charge is 0.356 e. The maximum absolute atomic E-state index is 4.54. The maximum atomic E-state index is 4.54. The normalized spacial score (nSPS) is 19.7. The zero-order valence-corrected chi connectivity index (χ0v) is 12.2. The maximum Gasteiger partial charge on any atom is 0.132 e. The first-order valence-electron chi connectivity index (χ1n) is 6.68. The standard InChI is InChI=1S/C14H18N4S/c1-10-6-13(17-9-16-10)18-5-3-4-12(8-18)14-15-7-11(2)19-14/h6-7,9,12H,3-5,8H2,1-2H3/t12-/m1/s1. The van der Waals surface area contributed by atoms with Crippen LogP contribution in [-0.2, 0) is 0 Å². The van der Waals surface area contributed by atoms with Crippen LogP contribution in [0.15, 0.2) is 18.6 Å². The summed E-state index contributed by atoms with van der Waals surface area (Å²) in [5.74, 6) is 1.59. The van der Waals surface area contributed by atoms with E-state index in [0.717, 1.165) is 24.6 Å². The first kappa shape index (κ1) is 12.5. The van der Waals surface area contributed by atoms with Crippen LogP contribution in [-0.4, -0.2) is 28.0 Å². The summed E-state index contributed by atoms with van der Waals surface area (Å²) in [6.45, 7) is 6.23. The Bertz CT molecular complexity index is 566. The van der Waals surface area contributed by atoms with Crippen molar-refractivity contribution in [2.45, 2.75) is 32.6 Å². The number of rotatable bonds is 2. The zero-order chi connectivity index (χ0) is 13.2. The van der Waals surface area contributed by atoms with Crippen molar-refractivity contribution in [2.75, 3.05) is 18.0 Å². The molecular formula is C14H18N4S. The Labute approximate surface area is 117 Å². The molecule has 5 heteroatoms. The van der Waals surface area contributed by atoms with E-state index in [1.165, 1.54) is 22.7 Å². The fourth-order valence-corrected chi connectivity index (χ4v) is 3.46. The number of nitrogens with zero attached hydrogens (tertiary/aromatic N) is 4. The molecular weight excluding hydrogens is 256 g/mol. The molecule has 3 heterocycles. The molecule has 2 aromatic heterocycles. The van der Waals surface area contributed by atoms with Gasteiger partial charge in [-0.2, -0.15) is 0 Å². The smallest absolute Gasteiger partial charge is 0.132 e. The molecule has 0 radical (unpaired) electrons. The number of aryl methyl sites for hydroxylation is 2. The minimum Gasteiger partial charge on any atom is -0.356 e. The second-order valence-electron chi connectivity index (χ2n) is 5.11. The molecule has 3 rings (SSSR count). The van der Waals surface area contributed by atoms with E-state index < -0.39 is 0 Å². The van der Waals surface area contributed by atoms with Crippen LogP contribution < -0.4 is 4.90 Å². The van der Waals surface area contributed by atoms with Crippen LogP contribution in [0, 0.1) is 13.8 Å². The van der Waals surface area contributed by atoms with Gasteiger partial charge in [0.2, 0.25) is 0 Å². The van der Waals surface area contributed by atoms with Crippen molar-refractivity contribution >= 4 is 17.2 Å². The number of anilines is 1. The van der Waals surface area contributed by atoms with Gasteiger partial charge in [0.25, 0.3) is 0 Å². The van der Waals surface area contributed by atoms with E-state index in [0.29, 0.717) is 5.92 Å². The quantitative estimate of drug-likeness (QED) is 0.844. The topological polar surface area (TPSA) is 41.9 Å². The highest BCUT2D eigenvalue weighted by molar-refractivity contribution is 7.11.